The van der Waals surface area contributed by atoms with E-state index in [1.165, 1.54) is 0 Å². The van der Waals surface area contributed by atoms with Crippen molar-refractivity contribution in [1.29, 1.82) is 0 Å². The second kappa shape index (κ2) is 8.60. The summed E-state index contributed by atoms with van der Waals surface area (Å²) in [6, 6.07) is 22.4. The highest BCUT2D eigenvalue weighted by atomic mass is 16.5. The van der Waals surface area contributed by atoms with Gasteiger partial charge in [0.15, 0.2) is 0 Å². The Bertz CT molecular complexity index is 873. The highest BCUT2D eigenvalue weighted by molar-refractivity contribution is 5.92. The molecule has 3 rings (SSSR count). The average molecular weight is 363 g/mol. The molecular formula is C23H25NO3. The number of nitrogens with zero attached hydrogens (tertiary/aromatic N) is 1. The third-order valence-electron chi connectivity index (χ3n) is 4.67. The highest BCUT2D eigenvalue weighted by Gasteiger charge is 2.15. The van der Waals surface area contributed by atoms with Gasteiger partial charge in [-0.15, -0.1) is 0 Å². The molecule has 0 fully saturated rings. The van der Waals surface area contributed by atoms with E-state index in [-0.39, 0.29) is 6.61 Å². The van der Waals surface area contributed by atoms with Crippen LogP contribution in [0.3, 0.4) is 0 Å². The van der Waals surface area contributed by atoms with E-state index in [2.05, 4.69) is 47.4 Å². The van der Waals surface area contributed by atoms with Crippen molar-refractivity contribution in [3.8, 4) is 33.8 Å². The number of rotatable bonds is 7. The van der Waals surface area contributed by atoms with Crippen LogP contribution in [0.2, 0.25) is 0 Å². The smallest absolute Gasteiger partial charge is 0.118 e. The van der Waals surface area contributed by atoms with Gasteiger partial charge in [0.25, 0.3) is 0 Å². The van der Waals surface area contributed by atoms with Crippen LogP contribution in [0, 0.1) is 0 Å². The summed E-state index contributed by atoms with van der Waals surface area (Å²) in [4.78, 5) is 2.08. The summed E-state index contributed by atoms with van der Waals surface area (Å²) >= 11 is 0. The Morgan fingerprint density at radius 1 is 0.778 bits per heavy atom. The van der Waals surface area contributed by atoms with Crippen molar-refractivity contribution in [3.63, 3.8) is 0 Å². The standard InChI is InChI=1S/C23H25NO3/c1-24(15-16-25)22-6-4-5-21(17-7-11-19(26-2)12-8-17)23(22)18-9-13-20(27-3)14-10-18/h4-14,25H,15-16H2,1-3H3. The molecule has 3 aromatic rings. The number of aliphatic hydroxyl groups excluding tert-OH is 1. The summed E-state index contributed by atoms with van der Waals surface area (Å²) in [7, 11) is 5.33. The summed E-state index contributed by atoms with van der Waals surface area (Å²) in [6.45, 7) is 0.667. The highest BCUT2D eigenvalue weighted by Crippen LogP contribution is 2.40. The molecule has 0 spiro atoms. The number of likely N-dealkylation sites (N-methyl/N-ethyl adjacent to an activating group) is 1. The summed E-state index contributed by atoms with van der Waals surface area (Å²) in [5.74, 6) is 1.66. The van der Waals surface area contributed by atoms with Crippen LogP contribution < -0.4 is 14.4 Å². The lowest BCUT2D eigenvalue weighted by Crippen LogP contribution is -2.21. The van der Waals surface area contributed by atoms with Gasteiger partial charge in [0, 0.05) is 24.8 Å². The largest absolute Gasteiger partial charge is 0.497 e. The van der Waals surface area contributed by atoms with Crippen molar-refractivity contribution >= 4 is 5.69 Å². The SMILES string of the molecule is COc1ccc(-c2cccc(N(C)CCO)c2-c2ccc(OC)cc2)cc1. The number of anilines is 1. The van der Waals surface area contributed by atoms with Gasteiger partial charge in [-0.05, 0) is 47.0 Å². The van der Waals surface area contributed by atoms with Crippen molar-refractivity contribution in [1.82, 2.24) is 0 Å². The molecule has 1 N–H and O–H groups in total. The van der Waals surface area contributed by atoms with Crippen LogP contribution in [0.25, 0.3) is 22.3 Å². The number of ether oxygens (including phenoxy) is 2. The second-order valence-electron chi connectivity index (χ2n) is 6.30. The molecule has 0 aliphatic carbocycles. The van der Waals surface area contributed by atoms with Crippen molar-refractivity contribution in [2.24, 2.45) is 0 Å². The normalized spacial score (nSPS) is 10.5. The van der Waals surface area contributed by atoms with E-state index in [4.69, 9.17) is 9.47 Å². The van der Waals surface area contributed by atoms with Crippen LogP contribution in [0.1, 0.15) is 0 Å². The Morgan fingerprint density at radius 2 is 1.33 bits per heavy atom. The molecule has 0 radical (unpaired) electrons. The lowest BCUT2D eigenvalue weighted by atomic mass is 9.92. The summed E-state index contributed by atoms with van der Waals surface area (Å²) < 4.78 is 10.6. The quantitative estimate of drug-likeness (QED) is 0.673. The molecule has 0 bridgehead atoms. The average Bonchev–Trinajstić information content (AvgIpc) is 2.73. The fraction of sp³-hybridized carbons (Fsp3) is 0.217. The molecule has 0 atom stereocenters. The van der Waals surface area contributed by atoms with Gasteiger partial charge in [0.05, 0.1) is 20.8 Å². The van der Waals surface area contributed by atoms with Gasteiger partial charge in [0.1, 0.15) is 11.5 Å². The molecule has 0 aliphatic heterocycles. The van der Waals surface area contributed by atoms with Crippen molar-refractivity contribution < 1.29 is 14.6 Å². The summed E-state index contributed by atoms with van der Waals surface area (Å²) in [6.07, 6.45) is 0. The van der Waals surface area contributed by atoms with Gasteiger partial charge >= 0.3 is 0 Å². The van der Waals surface area contributed by atoms with Gasteiger partial charge in [-0.25, -0.2) is 0 Å². The van der Waals surface area contributed by atoms with Gasteiger partial charge < -0.3 is 19.5 Å². The molecular weight excluding hydrogens is 338 g/mol. The van der Waals surface area contributed by atoms with Crippen LogP contribution in [-0.2, 0) is 0 Å². The fourth-order valence-electron chi connectivity index (χ4n) is 3.20. The number of methoxy groups -OCH3 is 2. The topological polar surface area (TPSA) is 41.9 Å². The minimum atomic E-state index is 0.102. The first-order chi connectivity index (χ1) is 13.2. The first-order valence-corrected chi connectivity index (χ1v) is 8.91. The number of hydrogen-bond donors (Lipinski definition) is 1. The number of hydrogen-bond acceptors (Lipinski definition) is 4. The Hall–Kier alpha value is -2.98. The monoisotopic (exact) mass is 363 g/mol. The molecule has 140 valence electrons. The predicted octanol–water partition coefficient (Wildman–Crippen LogP) is 4.47. The third-order valence-corrected chi connectivity index (χ3v) is 4.67. The fourth-order valence-corrected chi connectivity index (χ4v) is 3.20. The zero-order valence-corrected chi connectivity index (χ0v) is 16.0. The van der Waals surface area contributed by atoms with E-state index in [1.807, 2.05) is 31.3 Å². The maximum Gasteiger partial charge on any atom is 0.118 e. The second-order valence-corrected chi connectivity index (χ2v) is 6.30. The Kier molecular flexibility index (Phi) is 5.99. The van der Waals surface area contributed by atoms with Crippen LogP contribution in [0.15, 0.2) is 66.7 Å². The third kappa shape index (κ3) is 4.07. The van der Waals surface area contributed by atoms with Gasteiger partial charge in [-0.1, -0.05) is 36.4 Å². The Balaban J connectivity index is 2.17. The van der Waals surface area contributed by atoms with Crippen LogP contribution in [0.4, 0.5) is 5.69 Å². The molecule has 0 aromatic heterocycles. The van der Waals surface area contributed by atoms with Crippen molar-refractivity contribution in [2.75, 3.05) is 39.3 Å². The van der Waals surface area contributed by atoms with Crippen LogP contribution in [0.5, 0.6) is 11.5 Å². The van der Waals surface area contributed by atoms with Crippen LogP contribution in [-0.4, -0.2) is 39.5 Å². The summed E-state index contributed by atoms with van der Waals surface area (Å²) in [5, 5.41) is 9.40. The molecule has 4 heteroatoms. The molecule has 0 saturated heterocycles. The van der Waals surface area contributed by atoms with Gasteiger partial charge in [-0.2, -0.15) is 0 Å². The van der Waals surface area contributed by atoms with Crippen molar-refractivity contribution in [3.05, 3.63) is 66.7 Å². The zero-order chi connectivity index (χ0) is 19.2. The van der Waals surface area contributed by atoms with E-state index in [1.54, 1.807) is 14.2 Å². The molecule has 4 nitrogen and oxygen atoms in total. The molecule has 0 heterocycles. The molecule has 0 amide bonds. The van der Waals surface area contributed by atoms with E-state index >= 15 is 0 Å². The molecule has 0 aliphatic rings. The van der Waals surface area contributed by atoms with E-state index < -0.39 is 0 Å². The Morgan fingerprint density at radius 3 is 1.85 bits per heavy atom. The lowest BCUT2D eigenvalue weighted by Gasteiger charge is -2.24. The predicted molar refractivity (Wildman–Crippen MR) is 111 cm³/mol. The van der Waals surface area contributed by atoms with Crippen molar-refractivity contribution in [2.45, 2.75) is 0 Å². The lowest BCUT2D eigenvalue weighted by molar-refractivity contribution is 0.304. The minimum absolute atomic E-state index is 0.102. The zero-order valence-electron chi connectivity index (χ0n) is 16.0. The Labute approximate surface area is 160 Å². The molecule has 0 unspecified atom stereocenters. The van der Waals surface area contributed by atoms with Gasteiger partial charge in [0.2, 0.25) is 0 Å². The molecule has 3 aromatic carbocycles. The molecule has 27 heavy (non-hydrogen) atoms. The number of aliphatic hydroxyl groups is 1. The summed E-state index contributed by atoms with van der Waals surface area (Å²) in [5.41, 5.74) is 5.54. The maximum absolute atomic E-state index is 9.40. The number of benzene rings is 3. The maximum atomic E-state index is 9.40. The first kappa shape index (κ1) is 18.8. The van der Waals surface area contributed by atoms with E-state index in [9.17, 15) is 5.11 Å². The minimum Gasteiger partial charge on any atom is -0.497 e. The van der Waals surface area contributed by atoms with Gasteiger partial charge in [-0.3, -0.25) is 0 Å². The van der Waals surface area contributed by atoms with Crippen LogP contribution >= 0.6 is 0 Å². The molecule has 0 saturated carbocycles. The van der Waals surface area contributed by atoms with E-state index in [0.717, 1.165) is 39.4 Å². The van der Waals surface area contributed by atoms with E-state index in [0.29, 0.717) is 6.54 Å². The first-order valence-electron chi connectivity index (χ1n) is 8.91.